The number of nitrogens with one attached hydrogen (secondary N) is 1. The second-order valence-corrected chi connectivity index (χ2v) is 10.1. The van der Waals surface area contributed by atoms with Gasteiger partial charge >= 0.3 is 5.97 Å². The van der Waals surface area contributed by atoms with Crippen LogP contribution in [0.4, 0.5) is 5.00 Å². The summed E-state index contributed by atoms with van der Waals surface area (Å²) in [5.41, 5.74) is 2.33. The lowest BCUT2D eigenvalue weighted by Gasteiger charge is -2.14. The van der Waals surface area contributed by atoms with Gasteiger partial charge in [0.15, 0.2) is 4.34 Å². The average molecular weight is 413 g/mol. The number of thiophene rings is 1. The predicted octanol–water partition coefficient (Wildman–Crippen LogP) is 5.03. The molecule has 0 fully saturated rings. The summed E-state index contributed by atoms with van der Waals surface area (Å²) in [6, 6.07) is 0. The zero-order chi connectivity index (χ0) is 19.5. The molecule has 0 aromatic carbocycles. The second kappa shape index (κ2) is 8.54. The Morgan fingerprint density at radius 1 is 1.31 bits per heavy atom. The van der Waals surface area contributed by atoms with Crippen molar-refractivity contribution in [2.24, 2.45) is 0 Å². The van der Waals surface area contributed by atoms with Gasteiger partial charge in [0.05, 0.1) is 23.6 Å². The number of carbonyl (C=O) groups is 2. The molecule has 26 heavy (non-hydrogen) atoms. The molecule has 0 unspecified atom stereocenters. The van der Waals surface area contributed by atoms with E-state index < -0.39 is 5.97 Å². The Labute approximate surface area is 166 Å². The van der Waals surface area contributed by atoms with E-state index in [0.717, 1.165) is 20.5 Å². The Balaban J connectivity index is 2.03. The quantitative estimate of drug-likeness (QED) is 0.532. The highest BCUT2D eigenvalue weighted by molar-refractivity contribution is 8.01. The van der Waals surface area contributed by atoms with Gasteiger partial charge in [-0.05, 0) is 26.3 Å². The van der Waals surface area contributed by atoms with Crippen molar-refractivity contribution in [3.63, 3.8) is 0 Å². The second-order valence-electron chi connectivity index (χ2n) is 6.79. The Kier molecular flexibility index (Phi) is 6.87. The summed E-state index contributed by atoms with van der Waals surface area (Å²) >= 11 is 4.35. The fourth-order valence-corrected chi connectivity index (χ4v) is 5.04. The number of ether oxygens (including phenoxy) is 1. The molecule has 1 amide bonds. The van der Waals surface area contributed by atoms with E-state index in [1.807, 2.05) is 19.2 Å². The maximum absolute atomic E-state index is 12.3. The average Bonchev–Trinajstić information content (AvgIpc) is 3.11. The number of hydrogen-bond acceptors (Lipinski definition) is 7. The number of aromatic nitrogens is 1. The van der Waals surface area contributed by atoms with Crippen LogP contribution in [0.3, 0.4) is 0 Å². The van der Waals surface area contributed by atoms with Gasteiger partial charge in [-0.15, -0.1) is 22.7 Å². The number of amides is 1. The number of esters is 1. The van der Waals surface area contributed by atoms with Gasteiger partial charge in [-0.3, -0.25) is 4.79 Å². The highest BCUT2D eigenvalue weighted by Gasteiger charge is 2.22. The molecule has 2 rings (SSSR count). The standard InChI is InChI=1S/C18H24N2O3S3/c1-7-23-16(22)14-10(2)11(3)26-15(14)20-13(21)9-25-17-19-12(8-24-17)18(4,5)6/h8H,7,9H2,1-6H3,(H,20,21). The van der Waals surface area contributed by atoms with Crippen LogP contribution in [0.2, 0.25) is 0 Å². The van der Waals surface area contributed by atoms with Gasteiger partial charge in [-0.1, -0.05) is 32.5 Å². The van der Waals surface area contributed by atoms with Crippen LogP contribution in [0.1, 0.15) is 54.2 Å². The third kappa shape index (κ3) is 5.08. The molecule has 0 aliphatic carbocycles. The molecule has 2 heterocycles. The fourth-order valence-electron chi connectivity index (χ4n) is 2.12. The largest absolute Gasteiger partial charge is 0.462 e. The Morgan fingerprint density at radius 3 is 2.58 bits per heavy atom. The zero-order valence-corrected chi connectivity index (χ0v) is 18.3. The summed E-state index contributed by atoms with van der Waals surface area (Å²) < 4.78 is 5.98. The molecule has 0 bridgehead atoms. The molecule has 142 valence electrons. The first-order valence-electron chi connectivity index (χ1n) is 8.29. The van der Waals surface area contributed by atoms with Crippen molar-refractivity contribution in [2.75, 3.05) is 17.7 Å². The van der Waals surface area contributed by atoms with Gasteiger partial charge in [-0.25, -0.2) is 9.78 Å². The molecule has 2 aromatic heterocycles. The van der Waals surface area contributed by atoms with Crippen molar-refractivity contribution in [1.82, 2.24) is 4.98 Å². The molecule has 1 N–H and O–H groups in total. The van der Waals surface area contributed by atoms with Crippen LogP contribution < -0.4 is 5.32 Å². The minimum absolute atomic E-state index is 0.00185. The topological polar surface area (TPSA) is 68.3 Å². The molecule has 5 nitrogen and oxygen atoms in total. The number of anilines is 1. The maximum atomic E-state index is 12.3. The van der Waals surface area contributed by atoms with E-state index >= 15 is 0 Å². The molecule has 0 aliphatic heterocycles. The lowest BCUT2D eigenvalue weighted by atomic mass is 9.93. The van der Waals surface area contributed by atoms with Gasteiger partial charge in [0.1, 0.15) is 5.00 Å². The smallest absolute Gasteiger partial charge is 0.341 e. The van der Waals surface area contributed by atoms with Crippen LogP contribution in [0.15, 0.2) is 9.72 Å². The molecule has 0 saturated carbocycles. The van der Waals surface area contributed by atoms with Crippen molar-refractivity contribution in [2.45, 2.75) is 51.3 Å². The van der Waals surface area contributed by atoms with Crippen LogP contribution in [-0.2, 0) is 14.9 Å². The normalized spacial score (nSPS) is 11.5. The third-order valence-corrected chi connectivity index (χ3v) is 6.84. The number of thiazole rings is 1. The SMILES string of the molecule is CCOC(=O)c1c(NC(=O)CSc2nc(C(C)(C)C)cs2)sc(C)c1C. The van der Waals surface area contributed by atoms with E-state index in [2.05, 4.69) is 31.1 Å². The van der Waals surface area contributed by atoms with Gasteiger partial charge in [0.25, 0.3) is 0 Å². The fraction of sp³-hybridized carbons (Fsp3) is 0.500. The minimum Gasteiger partial charge on any atom is -0.462 e. The molecule has 0 radical (unpaired) electrons. The van der Waals surface area contributed by atoms with Gasteiger partial charge < -0.3 is 10.1 Å². The van der Waals surface area contributed by atoms with E-state index in [1.54, 1.807) is 18.3 Å². The van der Waals surface area contributed by atoms with Crippen LogP contribution in [0, 0.1) is 13.8 Å². The van der Waals surface area contributed by atoms with Gasteiger partial charge in [-0.2, -0.15) is 0 Å². The maximum Gasteiger partial charge on any atom is 0.341 e. The van der Waals surface area contributed by atoms with Crippen molar-refractivity contribution >= 4 is 51.3 Å². The number of aryl methyl sites for hydroxylation is 1. The Hall–Kier alpha value is -1.38. The molecule has 0 aliphatic rings. The van der Waals surface area contributed by atoms with E-state index in [1.165, 1.54) is 23.1 Å². The number of nitrogens with zero attached hydrogens (tertiary/aromatic N) is 1. The van der Waals surface area contributed by atoms with E-state index in [-0.39, 0.29) is 17.1 Å². The first kappa shape index (κ1) is 20.9. The summed E-state index contributed by atoms with van der Waals surface area (Å²) in [5, 5.41) is 5.44. The zero-order valence-electron chi connectivity index (χ0n) is 15.9. The van der Waals surface area contributed by atoms with E-state index in [0.29, 0.717) is 17.2 Å². The van der Waals surface area contributed by atoms with Crippen molar-refractivity contribution in [3.05, 3.63) is 27.1 Å². The first-order chi connectivity index (χ1) is 12.1. The van der Waals surface area contributed by atoms with Gasteiger partial charge in [0, 0.05) is 15.7 Å². The molecule has 2 aromatic rings. The summed E-state index contributed by atoms with van der Waals surface area (Å²) in [6.07, 6.45) is 0. The number of carbonyl (C=O) groups excluding carboxylic acids is 2. The van der Waals surface area contributed by atoms with E-state index in [9.17, 15) is 9.59 Å². The molecular formula is C18H24N2O3S3. The molecule has 0 saturated heterocycles. The summed E-state index contributed by atoms with van der Waals surface area (Å²) in [5.74, 6) is -0.309. The highest BCUT2D eigenvalue weighted by atomic mass is 32.2. The summed E-state index contributed by atoms with van der Waals surface area (Å²) in [6.45, 7) is 12.2. The van der Waals surface area contributed by atoms with Crippen molar-refractivity contribution in [1.29, 1.82) is 0 Å². The predicted molar refractivity (Wildman–Crippen MR) is 110 cm³/mol. The first-order valence-corrected chi connectivity index (χ1v) is 11.0. The lowest BCUT2D eigenvalue weighted by Crippen LogP contribution is -2.16. The number of hydrogen-bond donors (Lipinski definition) is 1. The van der Waals surface area contributed by atoms with Crippen LogP contribution in [-0.4, -0.2) is 29.2 Å². The molecule has 0 spiro atoms. The third-order valence-electron chi connectivity index (χ3n) is 3.70. The molecule has 0 atom stereocenters. The minimum atomic E-state index is -0.396. The van der Waals surface area contributed by atoms with Crippen molar-refractivity contribution in [3.8, 4) is 0 Å². The van der Waals surface area contributed by atoms with Crippen LogP contribution in [0.25, 0.3) is 0 Å². The van der Waals surface area contributed by atoms with Crippen molar-refractivity contribution < 1.29 is 14.3 Å². The molecular weight excluding hydrogens is 388 g/mol. The lowest BCUT2D eigenvalue weighted by molar-refractivity contribution is -0.113. The van der Waals surface area contributed by atoms with Crippen LogP contribution >= 0.6 is 34.4 Å². The Bertz CT molecular complexity index is 803. The Morgan fingerprint density at radius 2 is 2.00 bits per heavy atom. The van der Waals surface area contributed by atoms with E-state index in [4.69, 9.17) is 4.74 Å². The number of rotatable bonds is 6. The molecule has 8 heteroatoms. The number of thioether (sulfide) groups is 1. The highest BCUT2D eigenvalue weighted by Crippen LogP contribution is 2.34. The summed E-state index contributed by atoms with van der Waals surface area (Å²) in [4.78, 5) is 30.1. The summed E-state index contributed by atoms with van der Waals surface area (Å²) in [7, 11) is 0. The van der Waals surface area contributed by atoms with Gasteiger partial charge in [0.2, 0.25) is 5.91 Å². The van der Waals surface area contributed by atoms with Crippen LogP contribution in [0.5, 0.6) is 0 Å². The monoisotopic (exact) mass is 412 g/mol.